The number of hydrogen-bond donors (Lipinski definition) is 1. The summed E-state index contributed by atoms with van der Waals surface area (Å²) in [5, 5.41) is 10.4. The average molecular weight is 233 g/mol. The molecule has 92 valence electrons. The van der Waals surface area contributed by atoms with Gasteiger partial charge in [0.15, 0.2) is 5.78 Å². The summed E-state index contributed by atoms with van der Waals surface area (Å²) in [6.45, 7) is 0. The quantitative estimate of drug-likeness (QED) is 0.815. The summed E-state index contributed by atoms with van der Waals surface area (Å²) >= 11 is 0. The molecule has 1 aromatic rings. The van der Waals surface area contributed by atoms with E-state index in [1.807, 2.05) is 18.2 Å². The van der Waals surface area contributed by atoms with E-state index in [-0.39, 0.29) is 12.2 Å². The molecule has 0 atom stereocenters. The topological polar surface area (TPSA) is 50.2 Å². The van der Waals surface area contributed by atoms with Crippen molar-refractivity contribution >= 4 is 5.78 Å². The highest BCUT2D eigenvalue weighted by Crippen LogP contribution is 2.28. The zero-order valence-electron chi connectivity index (χ0n) is 10.1. The number of pyridine rings is 1. The first kappa shape index (κ1) is 12.2. The van der Waals surface area contributed by atoms with Crippen molar-refractivity contribution in [2.75, 3.05) is 0 Å². The minimum Gasteiger partial charge on any atom is -0.382 e. The SMILES string of the molecule is O=C(Cc1ccccn1)C1(O)CCCCCC1. The first-order chi connectivity index (χ1) is 8.21. The summed E-state index contributed by atoms with van der Waals surface area (Å²) in [4.78, 5) is 16.3. The van der Waals surface area contributed by atoms with Crippen molar-refractivity contribution < 1.29 is 9.90 Å². The van der Waals surface area contributed by atoms with E-state index in [0.717, 1.165) is 31.4 Å². The van der Waals surface area contributed by atoms with Crippen LogP contribution in [0.4, 0.5) is 0 Å². The van der Waals surface area contributed by atoms with Gasteiger partial charge in [-0.05, 0) is 25.0 Å². The van der Waals surface area contributed by atoms with E-state index in [4.69, 9.17) is 0 Å². The molecule has 3 nitrogen and oxygen atoms in total. The Balaban J connectivity index is 2.03. The smallest absolute Gasteiger partial charge is 0.170 e. The van der Waals surface area contributed by atoms with Crippen molar-refractivity contribution in [2.24, 2.45) is 0 Å². The number of rotatable bonds is 3. The summed E-state index contributed by atoms with van der Waals surface area (Å²) in [6, 6.07) is 5.53. The molecule has 0 unspecified atom stereocenters. The highest BCUT2D eigenvalue weighted by molar-refractivity contribution is 5.88. The average Bonchev–Trinajstić information content (AvgIpc) is 2.56. The fourth-order valence-electron chi connectivity index (χ4n) is 2.42. The molecule has 17 heavy (non-hydrogen) atoms. The Kier molecular flexibility index (Phi) is 3.89. The van der Waals surface area contributed by atoms with Crippen LogP contribution in [0.25, 0.3) is 0 Å². The number of Topliss-reactive ketones (excluding diaryl/α,β-unsaturated/α-hetero) is 1. The molecule has 1 N–H and O–H groups in total. The lowest BCUT2D eigenvalue weighted by atomic mass is 9.87. The Labute approximate surface area is 102 Å². The third kappa shape index (κ3) is 3.13. The Morgan fingerprint density at radius 1 is 1.24 bits per heavy atom. The fourth-order valence-corrected chi connectivity index (χ4v) is 2.42. The third-order valence-corrected chi connectivity index (χ3v) is 3.52. The van der Waals surface area contributed by atoms with E-state index >= 15 is 0 Å². The molecule has 1 aliphatic rings. The molecule has 1 heterocycles. The zero-order valence-corrected chi connectivity index (χ0v) is 10.1. The van der Waals surface area contributed by atoms with Gasteiger partial charge >= 0.3 is 0 Å². The maximum absolute atomic E-state index is 12.2. The molecule has 1 aliphatic carbocycles. The number of hydrogen-bond acceptors (Lipinski definition) is 3. The summed E-state index contributed by atoms with van der Waals surface area (Å²) in [7, 11) is 0. The molecule has 0 aliphatic heterocycles. The second kappa shape index (κ2) is 5.41. The van der Waals surface area contributed by atoms with Gasteiger partial charge in [-0.1, -0.05) is 31.7 Å². The van der Waals surface area contributed by atoms with Gasteiger partial charge in [-0.15, -0.1) is 0 Å². The molecule has 1 fully saturated rings. The van der Waals surface area contributed by atoms with Crippen LogP contribution in [-0.2, 0) is 11.2 Å². The first-order valence-corrected chi connectivity index (χ1v) is 6.36. The Morgan fingerprint density at radius 3 is 2.53 bits per heavy atom. The van der Waals surface area contributed by atoms with Crippen molar-refractivity contribution in [2.45, 2.75) is 50.5 Å². The van der Waals surface area contributed by atoms with Gasteiger partial charge in [-0.2, -0.15) is 0 Å². The van der Waals surface area contributed by atoms with Gasteiger partial charge in [0, 0.05) is 11.9 Å². The standard InChI is InChI=1S/C14H19NO2/c16-13(11-12-7-3-6-10-15-12)14(17)8-4-1-2-5-9-14/h3,6-7,10,17H,1-2,4-5,8-9,11H2. The Morgan fingerprint density at radius 2 is 1.94 bits per heavy atom. The predicted octanol–water partition coefficient (Wildman–Crippen LogP) is 2.28. The van der Waals surface area contributed by atoms with Crippen LogP contribution < -0.4 is 0 Å². The van der Waals surface area contributed by atoms with Crippen LogP contribution in [0.1, 0.15) is 44.2 Å². The van der Waals surface area contributed by atoms with Crippen LogP contribution in [0.5, 0.6) is 0 Å². The van der Waals surface area contributed by atoms with E-state index in [1.165, 1.54) is 0 Å². The molecule has 2 rings (SSSR count). The minimum absolute atomic E-state index is 0.0712. The fraction of sp³-hybridized carbons (Fsp3) is 0.571. The zero-order chi connectivity index (χ0) is 12.1. The van der Waals surface area contributed by atoms with Gasteiger partial charge < -0.3 is 5.11 Å². The van der Waals surface area contributed by atoms with Crippen LogP contribution in [-0.4, -0.2) is 21.5 Å². The molecule has 0 saturated heterocycles. The highest BCUT2D eigenvalue weighted by Gasteiger charge is 2.35. The third-order valence-electron chi connectivity index (χ3n) is 3.52. The molecular formula is C14H19NO2. The minimum atomic E-state index is -1.10. The monoisotopic (exact) mass is 233 g/mol. The van der Waals surface area contributed by atoms with Gasteiger partial charge in [-0.25, -0.2) is 0 Å². The maximum atomic E-state index is 12.2. The molecule has 3 heteroatoms. The number of carbonyl (C=O) groups is 1. The van der Waals surface area contributed by atoms with Crippen molar-refractivity contribution in [3.8, 4) is 0 Å². The van der Waals surface area contributed by atoms with Crippen LogP contribution in [0.15, 0.2) is 24.4 Å². The Hall–Kier alpha value is -1.22. The molecule has 0 spiro atoms. The van der Waals surface area contributed by atoms with E-state index in [2.05, 4.69) is 4.98 Å². The Bertz CT molecular complexity index is 367. The highest BCUT2D eigenvalue weighted by atomic mass is 16.3. The number of nitrogens with zero attached hydrogens (tertiary/aromatic N) is 1. The summed E-state index contributed by atoms with van der Waals surface area (Å²) in [5.74, 6) is -0.0712. The summed E-state index contributed by atoms with van der Waals surface area (Å²) in [5.41, 5.74) is -0.358. The molecule has 0 bridgehead atoms. The van der Waals surface area contributed by atoms with Crippen LogP contribution in [0.2, 0.25) is 0 Å². The van der Waals surface area contributed by atoms with Crippen LogP contribution in [0, 0.1) is 0 Å². The lowest BCUT2D eigenvalue weighted by Gasteiger charge is -2.24. The molecule has 1 aromatic heterocycles. The number of carbonyl (C=O) groups excluding carboxylic acids is 1. The molecule has 1 saturated carbocycles. The van der Waals surface area contributed by atoms with E-state index in [0.29, 0.717) is 12.8 Å². The van der Waals surface area contributed by atoms with Crippen molar-refractivity contribution in [3.63, 3.8) is 0 Å². The normalized spacial score (nSPS) is 19.6. The second-order valence-electron chi connectivity index (χ2n) is 4.87. The van der Waals surface area contributed by atoms with E-state index in [9.17, 15) is 9.90 Å². The van der Waals surface area contributed by atoms with Gasteiger partial charge in [0.2, 0.25) is 0 Å². The van der Waals surface area contributed by atoms with Gasteiger partial charge in [-0.3, -0.25) is 9.78 Å². The second-order valence-corrected chi connectivity index (χ2v) is 4.87. The van der Waals surface area contributed by atoms with E-state index in [1.54, 1.807) is 6.20 Å². The lowest BCUT2D eigenvalue weighted by Crippen LogP contribution is -2.39. The van der Waals surface area contributed by atoms with Crippen molar-refractivity contribution in [3.05, 3.63) is 30.1 Å². The van der Waals surface area contributed by atoms with Crippen molar-refractivity contribution in [1.82, 2.24) is 4.98 Å². The number of aliphatic hydroxyl groups is 1. The molecule has 0 aromatic carbocycles. The lowest BCUT2D eigenvalue weighted by molar-refractivity contribution is -0.138. The van der Waals surface area contributed by atoms with Gasteiger partial charge in [0.05, 0.1) is 6.42 Å². The summed E-state index contributed by atoms with van der Waals surface area (Å²) in [6.07, 6.45) is 7.29. The maximum Gasteiger partial charge on any atom is 0.170 e. The van der Waals surface area contributed by atoms with E-state index < -0.39 is 5.60 Å². The van der Waals surface area contributed by atoms with Gasteiger partial charge in [0.1, 0.15) is 5.60 Å². The predicted molar refractivity (Wildman–Crippen MR) is 65.6 cm³/mol. The first-order valence-electron chi connectivity index (χ1n) is 6.36. The molecule has 0 radical (unpaired) electrons. The molecule has 0 amide bonds. The molecular weight excluding hydrogens is 214 g/mol. The van der Waals surface area contributed by atoms with Crippen LogP contribution in [0.3, 0.4) is 0 Å². The van der Waals surface area contributed by atoms with Crippen molar-refractivity contribution in [1.29, 1.82) is 0 Å². The number of aromatic nitrogens is 1. The summed E-state index contributed by atoms with van der Waals surface area (Å²) < 4.78 is 0. The van der Waals surface area contributed by atoms with Crippen LogP contribution >= 0.6 is 0 Å². The van der Waals surface area contributed by atoms with Gasteiger partial charge in [0.25, 0.3) is 0 Å². The largest absolute Gasteiger partial charge is 0.382 e. The number of ketones is 1.